The minimum absolute atomic E-state index is 0.106. The van der Waals surface area contributed by atoms with Gasteiger partial charge in [0.25, 0.3) is 5.91 Å². The van der Waals surface area contributed by atoms with Gasteiger partial charge >= 0.3 is 6.09 Å². The molecular formula is C19H22N4O3. The first-order valence-electron chi connectivity index (χ1n) is 8.39. The van der Waals surface area contributed by atoms with Crippen LogP contribution in [0.4, 0.5) is 4.79 Å². The number of amides is 2. The Morgan fingerprint density at radius 1 is 1.27 bits per heavy atom. The van der Waals surface area contributed by atoms with Crippen molar-refractivity contribution in [2.24, 2.45) is 0 Å². The van der Waals surface area contributed by atoms with Crippen molar-refractivity contribution in [1.82, 2.24) is 9.80 Å². The van der Waals surface area contributed by atoms with Crippen molar-refractivity contribution in [3.63, 3.8) is 0 Å². The number of piperazine rings is 1. The second kappa shape index (κ2) is 7.88. The molecule has 1 aromatic rings. The quantitative estimate of drug-likeness (QED) is 0.812. The average molecular weight is 354 g/mol. The van der Waals surface area contributed by atoms with Crippen LogP contribution in [0.2, 0.25) is 0 Å². The molecule has 7 nitrogen and oxygen atoms in total. The number of hydrogen-bond acceptors (Lipinski definition) is 5. The molecule has 0 unspecified atom stereocenters. The second-order valence-corrected chi connectivity index (χ2v) is 7.11. The van der Waals surface area contributed by atoms with Crippen LogP contribution in [-0.2, 0) is 11.2 Å². The van der Waals surface area contributed by atoms with E-state index >= 15 is 0 Å². The molecule has 2 amide bonds. The molecule has 1 heterocycles. The summed E-state index contributed by atoms with van der Waals surface area (Å²) >= 11 is 0. The lowest BCUT2D eigenvalue weighted by Gasteiger charge is -2.38. The molecule has 0 saturated carbocycles. The summed E-state index contributed by atoms with van der Waals surface area (Å²) in [5, 5.41) is 18.3. The molecule has 2 rings (SSSR count). The zero-order chi connectivity index (χ0) is 19.3. The number of hydrogen-bond donors (Lipinski definition) is 0. The van der Waals surface area contributed by atoms with Crippen LogP contribution in [-0.4, -0.2) is 53.1 Å². The lowest BCUT2D eigenvalue weighted by molar-refractivity contribution is 0.00926. The minimum atomic E-state index is -0.747. The topological polar surface area (TPSA) is 97.4 Å². The van der Waals surface area contributed by atoms with Crippen LogP contribution in [0.25, 0.3) is 0 Å². The van der Waals surface area contributed by atoms with Crippen LogP contribution in [0.1, 0.15) is 36.7 Å². The average Bonchev–Trinajstić information content (AvgIpc) is 2.59. The van der Waals surface area contributed by atoms with E-state index in [2.05, 4.69) is 12.1 Å². The predicted octanol–water partition coefficient (Wildman–Crippen LogP) is 2.34. The summed E-state index contributed by atoms with van der Waals surface area (Å²) in [5.74, 6) is -0.278. The van der Waals surface area contributed by atoms with Crippen molar-refractivity contribution < 1.29 is 14.3 Å². The van der Waals surface area contributed by atoms with E-state index in [1.54, 1.807) is 45.0 Å². The van der Waals surface area contributed by atoms with E-state index in [1.165, 1.54) is 9.80 Å². The maximum Gasteiger partial charge on any atom is 0.410 e. The summed E-state index contributed by atoms with van der Waals surface area (Å²) in [6.07, 6.45) is -0.268. The monoisotopic (exact) mass is 354 g/mol. The van der Waals surface area contributed by atoms with Gasteiger partial charge in [0.2, 0.25) is 0 Å². The molecule has 1 aliphatic heterocycles. The highest BCUT2D eigenvalue weighted by Gasteiger charge is 2.34. The molecule has 0 bridgehead atoms. The lowest BCUT2D eigenvalue weighted by Crippen LogP contribution is -2.56. The van der Waals surface area contributed by atoms with E-state index in [0.717, 1.165) is 5.56 Å². The van der Waals surface area contributed by atoms with E-state index in [1.807, 2.05) is 0 Å². The Labute approximate surface area is 153 Å². The SMILES string of the molecule is CC(C)(C)OC(=O)N1CCN(C(=O)c2cccc(CC#N)c2)[C@@H](C#N)C1. The third-order valence-corrected chi connectivity index (χ3v) is 3.90. The van der Waals surface area contributed by atoms with Crippen LogP contribution in [0.3, 0.4) is 0 Å². The van der Waals surface area contributed by atoms with Crippen molar-refractivity contribution in [3.8, 4) is 12.1 Å². The lowest BCUT2D eigenvalue weighted by atomic mass is 10.1. The highest BCUT2D eigenvalue weighted by molar-refractivity contribution is 5.95. The first-order valence-corrected chi connectivity index (χ1v) is 8.39. The van der Waals surface area contributed by atoms with Gasteiger partial charge in [0.1, 0.15) is 11.6 Å². The van der Waals surface area contributed by atoms with E-state index in [4.69, 9.17) is 10.00 Å². The Kier molecular flexibility index (Phi) is 5.84. The van der Waals surface area contributed by atoms with Gasteiger partial charge < -0.3 is 14.5 Å². The number of rotatable bonds is 2. The van der Waals surface area contributed by atoms with Gasteiger partial charge in [-0.15, -0.1) is 0 Å². The third-order valence-electron chi connectivity index (χ3n) is 3.90. The molecule has 0 radical (unpaired) electrons. The molecule has 26 heavy (non-hydrogen) atoms. The number of carbonyl (C=O) groups is 2. The maximum atomic E-state index is 12.8. The van der Waals surface area contributed by atoms with Crippen molar-refractivity contribution in [1.29, 1.82) is 10.5 Å². The summed E-state index contributed by atoms with van der Waals surface area (Å²) in [5.41, 5.74) is 0.566. The second-order valence-electron chi connectivity index (χ2n) is 7.11. The molecule has 136 valence electrons. The predicted molar refractivity (Wildman–Crippen MR) is 94.0 cm³/mol. The zero-order valence-corrected chi connectivity index (χ0v) is 15.2. The van der Waals surface area contributed by atoms with Crippen LogP contribution in [0.15, 0.2) is 24.3 Å². The largest absolute Gasteiger partial charge is 0.444 e. The Morgan fingerprint density at radius 3 is 2.62 bits per heavy atom. The normalized spacial score (nSPS) is 17.2. The number of carbonyl (C=O) groups excluding carboxylic acids is 2. The molecule has 1 aliphatic rings. The highest BCUT2D eigenvalue weighted by Crippen LogP contribution is 2.18. The fraction of sp³-hybridized carbons (Fsp3) is 0.474. The first kappa shape index (κ1) is 19.3. The van der Waals surface area contributed by atoms with Gasteiger partial charge in [-0.3, -0.25) is 4.79 Å². The van der Waals surface area contributed by atoms with E-state index in [0.29, 0.717) is 12.1 Å². The molecule has 1 aromatic carbocycles. The fourth-order valence-electron chi connectivity index (χ4n) is 2.70. The van der Waals surface area contributed by atoms with Gasteiger partial charge in [-0.1, -0.05) is 12.1 Å². The summed E-state index contributed by atoms with van der Waals surface area (Å²) < 4.78 is 5.34. The summed E-state index contributed by atoms with van der Waals surface area (Å²) in [4.78, 5) is 27.9. The standard InChI is InChI=1S/C19H22N4O3/c1-19(2,3)26-18(25)22-9-10-23(16(12-21)13-22)17(24)15-6-4-5-14(11-15)7-8-20/h4-6,11,16H,7,9-10,13H2,1-3H3/t16-/m0/s1. The molecule has 1 saturated heterocycles. The summed E-state index contributed by atoms with van der Waals surface area (Å²) in [6, 6.07) is 10.2. The Bertz CT molecular complexity index is 770. The van der Waals surface area contributed by atoms with Crippen LogP contribution >= 0.6 is 0 Å². The Hall–Kier alpha value is -3.06. The molecule has 7 heteroatoms. The number of benzene rings is 1. The molecule has 0 N–H and O–H groups in total. The van der Waals surface area contributed by atoms with Gasteiger partial charge in [0.15, 0.2) is 0 Å². The van der Waals surface area contributed by atoms with Gasteiger partial charge in [-0.2, -0.15) is 10.5 Å². The van der Waals surface area contributed by atoms with Gasteiger partial charge in [0.05, 0.1) is 25.1 Å². The van der Waals surface area contributed by atoms with E-state index < -0.39 is 17.7 Å². The summed E-state index contributed by atoms with van der Waals surface area (Å²) in [6.45, 7) is 5.99. The van der Waals surface area contributed by atoms with Gasteiger partial charge in [-0.05, 0) is 38.5 Å². The first-order chi connectivity index (χ1) is 12.2. The van der Waals surface area contributed by atoms with Gasteiger partial charge in [0, 0.05) is 18.7 Å². The smallest absolute Gasteiger partial charge is 0.410 e. The fourth-order valence-corrected chi connectivity index (χ4v) is 2.70. The van der Waals surface area contributed by atoms with Crippen molar-refractivity contribution >= 4 is 12.0 Å². The maximum absolute atomic E-state index is 12.8. The molecule has 1 atom stereocenters. The highest BCUT2D eigenvalue weighted by atomic mass is 16.6. The number of ether oxygens (including phenoxy) is 1. The Morgan fingerprint density at radius 2 is 2.00 bits per heavy atom. The van der Waals surface area contributed by atoms with Crippen LogP contribution in [0.5, 0.6) is 0 Å². The molecule has 0 aromatic heterocycles. The zero-order valence-electron chi connectivity index (χ0n) is 15.2. The molecule has 0 spiro atoms. The van der Waals surface area contributed by atoms with Gasteiger partial charge in [-0.25, -0.2) is 4.79 Å². The molecule has 0 aliphatic carbocycles. The van der Waals surface area contributed by atoms with Crippen LogP contribution in [0, 0.1) is 22.7 Å². The molecular weight excluding hydrogens is 332 g/mol. The van der Waals surface area contributed by atoms with Crippen LogP contribution < -0.4 is 0 Å². The van der Waals surface area contributed by atoms with E-state index in [-0.39, 0.29) is 25.4 Å². The van der Waals surface area contributed by atoms with Crippen molar-refractivity contribution in [2.75, 3.05) is 19.6 Å². The molecule has 1 fully saturated rings. The third kappa shape index (κ3) is 4.73. The number of nitrogens with zero attached hydrogens (tertiary/aromatic N) is 4. The van der Waals surface area contributed by atoms with Crippen molar-refractivity contribution in [2.45, 2.75) is 38.8 Å². The van der Waals surface area contributed by atoms with E-state index in [9.17, 15) is 14.9 Å². The summed E-state index contributed by atoms with van der Waals surface area (Å²) in [7, 11) is 0. The Balaban J connectivity index is 2.11. The van der Waals surface area contributed by atoms with Crippen molar-refractivity contribution in [3.05, 3.63) is 35.4 Å². The number of nitriles is 2. The minimum Gasteiger partial charge on any atom is -0.444 e.